The molecule has 26 heavy (non-hydrogen) atoms. The molecule has 7 heteroatoms. The summed E-state index contributed by atoms with van der Waals surface area (Å²) in [6, 6.07) is 0. The monoisotopic (exact) mass is 395 g/mol. The van der Waals surface area contributed by atoms with E-state index in [9.17, 15) is 14.6 Å². The van der Waals surface area contributed by atoms with Crippen molar-refractivity contribution < 1.29 is 28.3 Å². The maximum atomic E-state index is 11.8. The molecule has 0 rings (SSSR count). The summed E-state index contributed by atoms with van der Waals surface area (Å²) < 4.78 is 22.8. The van der Waals surface area contributed by atoms with Crippen LogP contribution in [-0.2, 0) is 13.8 Å². The van der Waals surface area contributed by atoms with E-state index in [1.165, 1.54) is 38.5 Å². The summed E-state index contributed by atoms with van der Waals surface area (Å²) in [5, 5.41) is 9.78. The molecule has 0 saturated carbocycles. The highest BCUT2D eigenvalue weighted by Gasteiger charge is 2.15. The van der Waals surface area contributed by atoms with Crippen LogP contribution in [0.3, 0.4) is 0 Å². The third-order valence-electron chi connectivity index (χ3n) is 4.18. The van der Waals surface area contributed by atoms with Gasteiger partial charge in [-0.25, -0.2) is 0 Å². The molecule has 1 unspecified atom stereocenters. The van der Waals surface area contributed by atoms with Crippen molar-refractivity contribution in [3.8, 4) is 0 Å². The molecule has 0 aliphatic carbocycles. The van der Waals surface area contributed by atoms with Crippen molar-refractivity contribution in [1.29, 1.82) is 0 Å². The molecule has 0 aliphatic rings. The Morgan fingerprint density at radius 2 is 1.54 bits per heavy atom. The van der Waals surface area contributed by atoms with Gasteiger partial charge in [-0.15, -0.1) is 0 Å². The Labute approximate surface area is 161 Å². The van der Waals surface area contributed by atoms with E-state index < -0.39 is 13.7 Å². The average Bonchev–Trinajstić information content (AvgIpc) is 2.53. The van der Waals surface area contributed by atoms with Gasteiger partial charge in [0.2, 0.25) is 0 Å². The standard InChI is InChI=1S/C19H42NO5P/c1-5-6-7-8-9-10-11-12-15-24-17-19(21)18-25-26(22,23)16-13-14-20(2,3)4/h19,21H,5-18H2,1-4H3/t19-/m0/s1. The summed E-state index contributed by atoms with van der Waals surface area (Å²) in [5.41, 5.74) is 0. The summed E-state index contributed by atoms with van der Waals surface area (Å²) in [5.74, 6) is 0. The van der Waals surface area contributed by atoms with Crippen molar-refractivity contribution in [3.05, 3.63) is 0 Å². The Bertz CT molecular complexity index is 373. The Kier molecular flexibility index (Phi) is 15.0. The number of nitrogens with zero attached hydrogens (tertiary/aromatic N) is 1. The molecule has 0 aromatic rings. The molecule has 0 fully saturated rings. The van der Waals surface area contributed by atoms with E-state index in [2.05, 4.69) is 6.92 Å². The number of aliphatic hydroxyl groups is 1. The summed E-state index contributed by atoms with van der Waals surface area (Å²) in [6.45, 7) is 3.49. The first-order valence-corrected chi connectivity index (χ1v) is 11.9. The number of ether oxygens (including phenoxy) is 1. The van der Waals surface area contributed by atoms with Gasteiger partial charge in [0.1, 0.15) is 13.7 Å². The van der Waals surface area contributed by atoms with Crippen LogP contribution in [0.2, 0.25) is 0 Å². The molecule has 0 aromatic heterocycles. The van der Waals surface area contributed by atoms with Crippen LogP contribution in [0, 0.1) is 0 Å². The van der Waals surface area contributed by atoms with Crippen LogP contribution < -0.4 is 4.89 Å². The maximum absolute atomic E-state index is 11.8. The Morgan fingerprint density at radius 1 is 0.962 bits per heavy atom. The number of unbranched alkanes of at least 4 members (excludes halogenated alkanes) is 7. The zero-order valence-electron chi connectivity index (χ0n) is 17.5. The van der Waals surface area contributed by atoms with Crippen LogP contribution in [-0.4, -0.2) is 69.4 Å². The predicted octanol–water partition coefficient (Wildman–Crippen LogP) is 3.17. The second-order valence-electron chi connectivity index (χ2n) is 8.20. The highest BCUT2D eigenvalue weighted by atomic mass is 31.2. The minimum absolute atomic E-state index is 0.00829. The van der Waals surface area contributed by atoms with Crippen LogP contribution in [0.15, 0.2) is 0 Å². The summed E-state index contributed by atoms with van der Waals surface area (Å²) in [7, 11) is 2.18. The third kappa shape index (κ3) is 18.8. The Morgan fingerprint density at radius 3 is 2.12 bits per heavy atom. The molecule has 0 spiro atoms. The highest BCUT2D eigenvalue weighted by Crippen LogP contribution is 2.37. The molecule has 158 valence electrons. The zero-order valence-corrected chi connectivity index (χ0v) is 18.3. The first-order valence-electron chi connectivity index (χ1n) is 10.2. The molecule has 2 atom stereocenters. The molecule has 6 nitrogen and oxygen atoms in total. The lowest BCUT2D eigenvalue weighted by molar-refractivity contribution is -0.870. The lowest BCUT2D eigenvalue weighted by Gasteiger charge is -2.28. The van der Waals surface area contributed by atoms with E-state index in [1.54, 1.807) is 0 Å². The van der Waals surface area contributed by atoms with Crippen molar-refractivity contribution in [1.82, 2.24) is 0 Å². The van der Waals surface area contributed by atoms with Gasteiger partial charge >= 0.3 is 0 Å². The Balaban J connectivity index is 3.55. The molecule has 0 amide bonds. The molecule has 0 saturated heterocycles. The van der Waals surface area contributed by atoms with Crippen LogP contribution in [0.5, 0.6) is 0 Å². The topological polar surface area (TPSA) is 78.8 Å². The smallest absolute Gasteiger partial charge is 0.135 e. The lowest BCUT2D eigenvalue weighted by Crippen LogP contribution is -2.36. The molecule has 0 radical (unpaired) electrons. The normalized spacial score (nSPS) is 15.8. The molecule has 0 aromatic carbocycles. The van der Waals surface area contributed by atoms with E-state index in [0.717, 1.165) is 23.9 Å². The van der Waals surface area contributed by atoms with Crippen molar-refractivity contribution in [3.63, 3.8) is 0 Å². The van der Waals surface area contributed by atoms with Crippen LogP contribution >= 0.6 is 7.60 Å². The van der Waals surface area contributed by atoms with Gasteiger partial charge in [-0.2, -0.15) is 0 Å². The predicted molar refractivity (Wildman–Crippen MR) is 105 cm³/mol. The van der Waals surface area contributed by atoms with E-state index >= 15 is 0 Å². The van der Waals surface area contributed by atoms with E-state index in [1.807, 2.05) is 21.1 Å². The second-order valence-corrected chi connectivity index (χ2v) is 10.1. The number of rotatable bonds is 18. The summed E-state index contributed by atoms with van der Waals surface area (Å²) >= 11 is 0. The number of aliphatic hydroxyl groups excluding tert-OH is 1. The first kappa shape index (κ1) is 26.0. The molecule has 0 aliphatic heterocycles. The quantitative estimate of drug-likeness (QED) is 0.219. The van der Waals surface area contributed by atoms with Gasteiger partial charge < -0.3 is 28.3 Å². The van der Waals surface area contributed by atoms with Crippen molar-refractivity contribution in [2.24, 2.45) is 0 Å². The lowest BCUT2D eigenvalue weighted by atomic mass is 10.1. The van der Waals surface area contributed by atoms with E-state index in [0.29, 0.717) is 13.0 Å². The van der Waals surface area contributed by atoms with Crippen molar-refractivity contribution >= 4 is 7.60 Å². The molecular formula is C19H42NO5P. The third-order valence-corrected chi connectivity index (χ3v) is 5.58. The van der Waals surface area contributed by atoms with Gasteiger partial charge in [0.05, 0.1) is 40.9 Å². The minimum Gasteiger partial charge on any atom is -0.778 e. The fourth-order valence-corrected chi connectivity index (χ4v) is 3.67. The molecule has 1 N–H and O–H groups in total. The van der Waals surface area contributed by atoms with Gasteiger partial charge in [-0.3, -0.25) is 0 Å². The molecular weight excluding hydrogens is 353 g/mol. The van der Waals surface area contributed by atoms with Gasteiger partial charge in [0.15, 0.2) is 0 Å². The first-order chi connectivity index (χ1) is 12.2. The van der Waals surface area contributed by atoms with Crippen LogP contribution in [0.1, 0.15) is 64.7 Å². The number of hydrogen-bond donors (Lipinski definition) is 1. The summed E-state index contributed by atoms with van der Waals surface area (Å²) in [4.78, 5) is 11.8. The second kappa shape index (κ2) is 15.0. The average molecular weight is 396 g/mol. The summed E-state index contributed by atoms with van der Waals surface area (Å²) in [6.07, 6.45) is 9.54. The van der Waals surface area contributed by atoms with Crippen molar-refractivity contribution in [2.75, 3.05) is 53.7 Å². The molecule has 0 heterocycles. The van der Waals surface area contributed by atoms with E-state index in [4.69, 9.17) is 9.26 Å². The van der Waals surface area contributed by atoms with E-state index in [-0.39, 0.29) is 19.4 Å². The van der Waals surface area contributed by atoms with Gasteiger partial charge in [-0.1, -0.05) is 51.9 Å². The largest absolute Gasteiger partial charge is 0.778 e. The van der Waals surface area contributed by atoms with Crippen LogP contribution in [0.25, 0.3) is 0 Å². The minimum atomic E-state index is -3.87. The highest BCUT2D eigenvalue weighted by molar-refractivity contribution is 7.51. The van der Waals surface area contributed by atoms with Crippen molar-refractivity contribution in [2.45, 2.75) is 70.8 Å². The fraction of sp³-hybridized carbons (Fsp3) is 1.00. The number of quaternary nitrogens is 1. The zero-order chi connectivity index (χ0) is 19.9. The van der Waals surface area contributed by atoms with Gasteiger partial charge in [0.25, 0.3) is 0 Å². The number of hydrogen-bond acceptors (Lipinski definition) is 5. The van der Waals surface area contributed by atoms with Gasteiger partial charge in [0, 0.05) is 19.2 Å². The SMILES string of the molecule is CCCCCCCCCCOC[C@H](O)COP(=O)([O-])CCC[N+](C)(C)C. The maximum Gasteiger partial charge on any atom is 0.135 e. The van der Waals surface area contributed by atoms with Gasteiger partial charge in [-0.05, 0) is 6.42 Å². The van der Waals surface area contributed by atoms with Crippen LogP contribution in [0.4, 0.5) is 0 Å². The Hall–Kier alpha value is 0.0300. The fourth-order valence-electron chi connectivity index (χ4n) is 2.61. The molecule has 0 bridgehead atoms.